The molecule has 1 amide bonds. The van der Waals surface area contributed by atoms with E-state index in [4.69, 9.17) is 5.11 Å². The first-order chi connectivity index (χ1) is 8.33. The van der Waals surface area contributed by atoms with E-state index in [0.717, 1.165) is 10.0 Å². The molecule has 18 heavy (non-hydrogen) atoms. The largest absolute Gasteiger partial charge is 0.480 e. The number of rotatable bonds is 4. The molecule has 0 atom stereocenters. The molecule has 0 radical (unpaired) electrons. The van der Waals surface area contributed by atoms with Gasteiger partial charge in [0.25, 0.3) is 0 Å². The van der Waals surface area contributed by atoms with E-state index in [1.54, 1.807) is 6.08 Å². The topological polar surface area (TPSA) is 66.4 Å². The Morgan fingerprint density at radius 3 is 2.50 bits per heavy atom. The second-order valence-corrected chi connectivity index (χ2v) is 5.13. The highest BCUT2D eigenvalue weighted by atomic mass is 79.9. The number of aliphatic carboxylic acids is 1. The van der Waals surface area contributed by atoms with Crippen molar-refractivity contribution in [1.82, 2.24) is 5.32 Å². The minimum atomic E-state index is -1.28. The molecule has 1 aromatic rings. The van der Waals surface area contributed by atoms with Gasteiger partial charge in [0, 0.05) is 10.5 Å². The van der Waals surface area contributed by atoms with Gasteiger partial charge in [0.1, 0.15) is 5.54 Å². The van der Waals surface area contributed by atoms with Crippen molar-refractivity contribution < 1.29 is 14.7 Å². The van der Waals surface area contributed by atoms with Crippen LogP contribution in [0.3, 0.4) is 0 Å². The van der Waals surface area contributed by atoms with E-state index in [2.05, 4.69) is 21.2 Å². The molecule has 0 bridgehead atoms. The van der Waals surface area contributed by atoms with Gasteiger partial charge in [-0.25, -0.2) is 4.79 Å². The zero-order chi connectivity index (χ0) is 13.8. The van der Waals surface area contributed by atoms with Crippen LogP contribution in [-0.2, 0) is 9.59 Å². The van der Waals surface area contributed by atoms with Gasteiger partial charge in [-0.3, -0.25) is 4.79 Å². The number of amides is 1. The Bertz CT molecular complexity index is 495. The van der Waals surface area contributed by atoms with Gasteiger partial charge in [0.15, 0.2) is 0 Å². The molecule has 0 fully saturated rings. The van der Waals surface area contributed by atoms with E-state index < -0.39 is 17.4 Å². The Labute approximate surface area is 114 Å². The number of carbonyl (C=O) groups excluding carboxylic acids is 1. The normalized spacial score (nSPS) is 11.5. The molecule has 0 aromatic heterocycles. The summed E-state index contributed by atoms with van der Waals surface area (Å²) in [6.07, 6.45) is 2.93. The molecule has 0 heterocycles. The van der Waals surface area contributed by atoms with Gasteiger partial charge in [-0.2, -0.15) is 0 Å². The Hall–Kier alpha value is -1.62. The summed E-state index contributed by atoms with van der Waals surface area (Å²) in [6, 6.07) is 7.42. The highest BCUT2D eigenvalue weighted by Crippen LogP contribution is 2.17. The van der Waals surface area contributed by atoms with Crippen molar-refractivity contribution in [2.24, 2.45) is 0 Å². The lowest BCUT2D eigenvalue weighted by Crippen LogP contribution is -2.49. The lowest BCUT2D eigenvalue weighted by molar-refractivity contribution is -0.145. The first kappa shape index (κ1) is 14.4. The van der Waals surface area contributed by atoms with E-state index in [1.165, 1.54) is 19.9 Å². The lowest BCUT2D eigenvalue weighted by atomic mass is 10.1. The second-order valence-electron chi connectivity index (χ2n) is 4.27. The number of benzene rings is 1. The monoisotopic (exact) mass is 311 g/mol. The van der Waals surface area contributed by atoms with Crippen molar-refractivity contribution in [2.75, 3.05) is 0 Å². The maximum Gasteiger partial charge on any atom is 0.328 e. The van der Waals surface area contributed by atoms with Crippen molar-refractivity contribution in [3.05, 3.63) is 40.4 Å². The third kappa shape index (κ3) is 4.00. The molecule has 0 spiro atoms. The molecule has 2 N–H and O–H groups in total. The van der Waals surface area contributed by atoms with Crippen LogP contribution in [0, 0.1) is 0 Å². The smallest absolute Gasteiger partial charge is 0.328 e. The molecule has 5 heteroatoms. The van der Waals surface area contributed by atoms with E-state index in [9.17, 15) is 9.59 Å². The predicted molar refractivity (Wildman–Crippen MR) is 73.0 cm³/mol. The van der Waals surface area contributed by atoms with Gasteiger partial charge >= 0.3 is 5.97 Å². The average molecular weight is 312 g/mol. The van der Waals surface area contributed by atoms with Gasteiger partial charge in [-0.1, -0.05) is 34.1 Å². The zero-order valence-electron chi connectivity index (χ0n) is 10.1. The average Bonchev–Trinajstić information content (AvgIpc) is 2.27. The minimum absolute atomic E-state index is 0.446. The molecular weight excluding hydrogens is 298 g/mol. The van der Waals surface area contributed by atoms with Crippen LogP contribution in [0.5, 0.6) is 0 Å². The summed E-state index contributed by atoms with van der Waals surface area (Å²) < 4.78 is 0.867. The fourth-order valence-electron chi connectivity index (χ4n) is 1.18. The van der Waals surface area contributed by atoms with Gasteiger partial charge in [-0.05, 0) is 31.6 Å². The summed E-state index contributed by atoms with van der Waals surface area (Å²) in [5, 5.41) is 11.3. The standard InChI is InChI=1S/C13H14BrNO3/c1-13(2,12(17)18)15-11(16)8-7-9-5-3-4-6-10(9)14/h3-8H,1-2H3,(H,15,16)(H,17,18). The Balaban J connectivity index is 2.72. The van der Waals surface area contributed by atoms with Crippen LogP contribution in [0.1, 0.15) is 19.4 Å². The van der Waals surface area contributed by atoms with Gasteiger partial charge < -0.3 is 10.4 Å². The molecule has 1 aromatic carbocycles. The number of nitrogens with one attached hydrogen (secondary N) is 1. The summed E-state index contributed by atoms with van der Waals surface area (Å²) in [5.41, 5.74) is -0.434. The van der Waals surface area contributed by atoms with E-state index >= 15 is 0 Å². The minimum Gasteiger partial charge on any atom is -0.480 e. The molecule has 0 unspecified atom stereocenters. The van der Waals surface area contributed by atoms with E-state index in [0.29, 0.717) is 0 Å². The number of hydrogen-bond donors (Lipinski definition) is 2. The van der Waals surface area contributed by atoms with Crippen molar-refractivity contribution in [2.45, 2.75) is 19.4 Å². The second kappa shape index (κ2) is 5.82. The van der Waals surface area contributed by atoms with Gasteiger partial charge in [0.05, 0.1) is 0 Å². The third-order valence-corrected chi connectivity index (χ3v) is 3.01. The molecule has 0 saturated carbocycles. The highest BCUT2D eigenvalue weighted by Gasteiger charge is 2.27. The molecule has 0 aliphatic carbocycles. The van der Waals surface area contributed by atoms with Crippen molar-refractivity contribution in [3.8, 4) is 0 Å². The molecule has 96 valence electrons. The van der Waals surface area contributed by atoms with Crippen LogP contribution >= 0.6 is 15.9 Å². The van der Waals surface area contributed by atoms with Crippen LogP contribution in [0.4, 0.5) is 0 Å². The highest BCUT2D eigenvalue weighted by molar-refractivity contribution is 9.10. The number of halogens is 1. The summed E-state index contributed by atoms with van der Waals surface area (Å²) >= 11 is 3.35. The number of carboxylic acid groups (broad SMARTS) is 1. The predicted octanol–water partition coefficient (Wildman–Crippen LogP) is 2.44. The lowest BCUT2D eigenvalue weighted by Gasteiger charge is -2.19. The molecule has 0 saturated heterocycles. The van der Waals surface area contributed by atoms with E-state index in [1.807, 2.05) is 24.3 Å². The number of carboxylic acids is 1. The molecule has 0 aliphatic heterocycles. The van der Waals surface area contributed by atoms with Gasteiger partial charge in [0.2, 0.25) is 5.91 Å². The van der Waals surface area contributed by atoms with Crippen molar-refractivity contribution in [3.63, 3.8) is 0 Å². The number of carbonyl (C=O) groups is 2. The van der Waals surface area contributed by atoms with Crippen LogP contribution < -0.4 is 5.32 Å². The van der Waals surface area contributed by atoms with Crippen LogP contribution in [-0.4, -0.2) is 22.5 Å². The Morgan fingerprint density at radius 2 is 1.94 bits per heavy atom. The molecule has 4 nitrogen and oxygen atoms in total. The van der Waals surface area contributed by atoms with Crippen LogP contribution in [0.25, 0.3) is 6.08 Å². The van der Waals surface area contributed by atoms with Crippen LogP contribution in [0.2, 0.25) is 0 Å². The molecule has 1 rings (SSSR count). The molecule has 0 aliphatic rings. The summed E-state index contributed by atoms with van der Waals surface area (Å²) in [7, 11) is 0. The first-order valence-corrected chi connectivity index (χ1v) is 6.10. The summed E-state index contributed by atoms with van der Waals surface area (Å²) in [5.74, 6) is -1.52. The Kier molecular flexibility index (Phi) is 4.67. The fraction of sp³-hybridized carbons (Fsp3) is 0.231. The fourth-order valence-corrected chi connectivity index (χ4v) is 1.60. The SMILES string of the molecule is CC(C)(NC(=O)C=Cc1ccccc1Br)C(=O)O. The summed E-state index contributed by atoms with van der Waals surface area (Å²) in [6.45, 7) is 2.86. The third-order valence-electron chi connectivity index (χ3n) is 2.29. The maximum absolute atomic E-state index is 11.6. The van der Waals surface area contributed by atoms with Gasteiger partial charge in [-0.15, -0.1) is 0 Å². The summed E-state index contributed by atoms with van der Waals surface area (Å²) in [4.78, 5) is 22.4. The van der Waals surface area contributed by atoms with Crippen LogP contribution in [0.15, 0.2) is 34.8 Å². The number of hydrogen-bond acceptors (Lipinski definition) is 2. The quantitative estimate of drug-likeness (QED) is 0.839. The Morgan fingerprint density at radius 1 is 1.33 bits per heavy atom. The van der Waals surface area contributed by atoms with Crippen molar-refractivity contribution in [1.29, 1.82) is 0 Å². The van der Waals surface area contributed by atoms with Crippen molar-refractivity contribution >= 4 is 33.9 Å². The molecular formula is C13H14BrNO3. The maximum atomic E-state index is 11.6. The van der Waals surface area contributed by atoms with E-state index in [-0.39, 0.29) is 0 Å². The zero-order valence-corrected chi connectivity index (χ0v) is 11.7. The first-order valence-electron chi connectivity index (χ1n) is 5.31.